The lowest BCUT2D eigenvalue weighted by Crippen LogP contribution is -2.46. The van der Waals surface area contributed by atoms with Gasteiger partial charge in [0, 0.05) is 42.9 Å². The molecule has 2 N–H and O–H groups in total. The maximum Gasteiger partial charge on any atom is 0.319 e. The summed E-state index contributed by atoms with van der Waals surface area (Å²) < 4.78 is 5.83. The Kier molecular flexibility index (Phi) is 11.1. The number of likely N-dealkylation sites (N-methyl/N-ethyl adjacent to an activating group) is 2. The van der Waals surface area contributed by atoms with Crippen LogP contribution in [0.1, 0.15) is 16.7 Å². The Morgan fingerprint density at radius 1 is 0.652 bits per heavy atom. The monoisotopic (exact) mass is 621 g/mol. The van der Waals surface area contributed by atoms with E-state index < -0.39 is 11.9 Å². The molecule has 4 aromatic carbocycles. The molecule has 0 bridgehead atoms. The summed E-state index contributed by atoms with van der Waals surface area (Å²) in [5.41, 5.74) is 5.55. The van der Waals surface area contributed by atoms with E-state index in [1.54, 1.807) is 56.6 Å². The summed E-state index contributed by atoms with van der Waals surface area (Å²) >= 11 is 0. The van der Waals surface area contributed by atoms with E-state index in [0.29, 0.717) is 22.8 Å². The first-order chi connectivity index (χ1) is 22.0. The van der Waals surface area contributed by atoms with Crippen LogP contribution in [0.5, 0.6) is 5.75 Å². The lowest BCUT2D eigenvalue weighted by Gasteiger charge is -2.26. The molecule has 0 aromatic heterocycles. The smallest absolute Gasteiger partial charge is 0.319 e. The Morgan fingerprint density at radius 2 is 1.35 bits per heavy atom. The van der Waals surface area contributed by atoms with Crippen molar-refractivity contribution in [3.63, 3.8) is 0 Å². The molecule has 0 radical (unpaired) electrons. The number of aryl methyl sites for hydroxylation is 3. The Labute approximate surface area is 269 Å². The molecule has 0 aliphatic carbocycles. The maximum absolute atomic E-state index is 13.5. The van der Waals surface area contributed by atoms with Crippen molar-refractivity contribution in [1.29, 1.82) is 0 Å². The Bertz CT molecular complexity index is 1710. The molecule has 0 unspecified atom stereocenters. The molecule has 4 aromatic rings. The fourth-order valence-electron chi connectivity index (χ4n) is 4.57. The maximum atomic E-state index is 13.5. The highest BCUT2D eigenvalue weighted by Gasteiger charge is 2.23. The van der Waals surface area contributed by atoms with Crippen LogP contribution in [0.15, 0.2) is 97.1 Å². The van der Waals surface area contributed by atoms with Crippen molar-refractivity contribution in [2.24, 2.45) is 0 Å². The van der Waals surface area contributed by atoms with Gasteiger partial charge >= 0.3 is 6.03 Å². The van der Waals surface area contributed by atoms with Gasteiger partial charge in [0.1, 0.15) is 12.3 Å². The van der Waals surface area contributed by atoms with Crippen molar-refractivity contribution in [1.82, 2.24) is 5.32 Å². The first-order valence-corrected chi connectivity index (χ1v) is 14.8. The largest absolute Gasteiger partial charge is 0.484 e. The molecule has 0 aliphatic rings. The summed E-state index contributed by atoms with van der Waals surface area (Å²) in [6.07, 6.45) is 0. The molecule has 0 spiro atoms. The highest BCUT2D eigenvalue weighted by Crippen LogP contribution is 2.23. The molecule has 238 valence electrons. The number of urea groups is 1. The van der Waals surface area contributed by atoms with E-state index in [1.807, 2.05) is 75.4 Å². The normalized spacial score (nSPS) is 10.5. The number of anilines is 4. The molecule has 4 rings (SSSR count). The molecular formula is C36H39N5O5. The van der Waals surface area contributed by atoms with Gasteiger partial charge < -0.3 is 30.1 Å². The van der Waals surface area contributed by atoms with Crippen molar-refractivity contribution >= 4 is 46.5 Å². The fourth-order valence-corrected chi connectivity index (χ4v) is 4.57. The minimum atomic E-state index is -0.560. The Hall–Kier alpha value is -5.64. The SMILES string of the molecule is Cc1cccc(NC(=O)NCC(=O)N(CC(=O)N(C)c2ccccc2)c2cccc(OCC(=O)N(C)c3ccc(C)c(C)c3)c2)c1. The summed E-state index contributed by atoms with van der Waals surface area (Å²) in [6.45, 7) is 4.99. The Balaban J connectivity index is 1.48. The average molecular weight is 622 g/mol. The number of nitrogens with zero attached hydrogens (tertiary/aromatic N) is 3. The van der Waals surface area contributed by atoms with Crippen molar-refractivity contribution in [3.8, 4) is 5.75 Å². The summed E-state index contributed by atoms with van der Waals surface area (Å²) in [4.78, 5) is 56.7. The third kappa shape index (κ3) is 8.95. The van der Waals surface area contributed by atoms with Gasteiger partial charge in [-0.1, -0.05) is 42.5 Å². The predicted octanol–water partition coefficient (Wildman–Crippen LogP) is 5.47. The van der Waals surface area contributed by atoms with Crippen molar-refractivity contribution in [2.75, 3.05) is 53.8 Å². The van der Waals surface area contributed by atoms with Crippen LogP contribution < -0.4 is 30.1 Å². The number of hydrogen-bond donors (Lipinski definition) is 2. The zero-order chi connectivity index (χ0) is 33.2. The highest BCUT2D eigenvalue weighted by atomic mass is 16.5. The second-order valence-corrected chi connectivity index (χ2v) is 11.0. The summed E-state index contributed by atoms with van der Waals surface area (Å²) in [5, 5.41) is 5.29. The molecular weight excluding hydrogens is 582 g/mol. The third-order valence-corrected chi connectivity index (χ3v) is 7.53. The van der Waals surface area contributed by atoms with E-state index in [1.165, 1.54) is 14.7 Å². The lowest BCUT2D eigenvalue weighted by molar-refractivity contribution is -0.121. The first kappa shape index (κ1) is 33.3. The molecule has 0 saturated carbocycles. The zero-order valence-electron chi connectivity index (χ0n) is 26.7. The summed E-state index contributed by atoms with van der Waals surface area (Å²) in [5.74, 6) is -0.784. The predicted molar refractivity (Wildman–Crippen MR) is 182 cm³/mol. The molecule has 10 heteroatoms. The van der Waals surface area contributed by atoms with Crippen LogP contribution in [0.2, 0.25) is 0 Å². The van der Waals surface area contributed by atoms with E-state index >= 15 is 0 Å². The zero-order valence-corrected chi connectivity index (χ0v) is 26.7. The molecule has 0 atom stereocenters. The van der Waals surface area contributed by atoms with E-state index in [9.17, 15) is 19.2 Å². The van der Waals surface area contributed by atoms with Gasteiger partial charge in [-0.3, -0.25) is 14.4 Å². The molecule has 46 heavy (non-hydrogen) atoms. The van der Waals surface area contributed by atoms with Crippen molar-refractivity contribution < 1.29 is 23.9 Å². The Morgan fingerprint density at radius 3 is 2.07 bits per heavy atom. The van der Waals surface area contributed by atoms with Crippen LogP contribution in [0.4, 0.5) is 27.5 Å². The summed E-state index contributed by atoms with van der Waals surface area (Å²) in [7, 11) is 3.31. The van der Waals surface area contributed by atoms with E-state index in [4.69, 9.17) is 4.74 Å². The van der Waals surface area contributed by atoms with E-state index in [0.717, 1.165) is 22.4 Å². The van der Waals surface area contributed by atoms with E-state index in [2.05, 4.69) is 10.6 Å². The number of amides is 5. The molecule has 0 fully saturated rings. The summed E-state index contributed by atoms with van der Waals surface area (Å²) in [6, 6.07) is 28.2. The number of para-hydroxylation sites is 1. The first-order valence-electron chi connectivity index (χ1n) is 14.8. The quantitative estimate of drug-likeness (QED) is 0.231. The van der Waals surface area contributed by atoms with Gasteiger partial charge in [0.05, 0.1) is 6.54 Å². The molecule has 5 amide bonds. The third-order valence-electron chi connectivity index (χ3n) is 7.53. The van der Waals surface area contributed by atoms with Gasteiger partial charge in [-0.15, -0.1) is 0 Å². The number of carbonyl (C=O) groups excluding carboxylic acids is 4. The van der Waals surface area contributed by atoms with Crippen molar-refractivity contribution in [2.45, 2.75) is 20.8 Å². The van der Waals surface area contributed by atoms with Gasteiger partial charge in [0.15, 0.2) is 6.61 Å². The van der Waals surface area contributed by atoms with Crippen LogP contribution >= 0.6 is 0 Å². The lowest BCUT2D eigenvalue weighted by atomic mass is 10.1. The number of hydrogen-bond acceptors (Lipinski definition) is 5. The highest BCUT2D eigenvalue weighted by molar-refractivity contribution is 6.05. The average Bonchev–Trinajstić information content (AvgIpc) is 3.06. The van der Waals surface area contributed by atoms with Crippen molar-refractivity contribution in [3.05, 3.63) is 114 Å². The molecule has 0 heterocycles. The number of benzene rings is 4. The van der Waals surface area contributed by atoms with Crippen LogP contribution in [-0.2, 0) is 14.4 Å². The second kappa shape index (κ2) is 15.4. The van der Waals surface area contributed by atoms with Gasteiger partial charge in [-0.25, -0.2) is 4.79 Å². The van der Waals surface area contributed by atoms with Crippen LogP contribution in [-0.4, -0.2) is 57.5 Å². The fraction of sp³-hybridized carbons (Fsp3) is 0.222. The van der Waals surface area contributed by atoms with Gasteiger partial charge in [-0.2, -0.15) is 0 Å². The number of nitrogens with one attached hydrogen (secondary N) is 2. The number of rotatable bonds is 11. The number of ether oxygens (including phenoxy) is 1. The van der Waals surface area contributed by atoms with Gasteiger partial charge in [-0.05, 0) is 86.0 Å². The minimum Gasteiger partial charge on any atom is -0.484 e. The van der Waals surface area contributed by atoms with Crippen LogP contribution in [0.25, 0.3) is 0 Å². The van der Waals surface area contributed by atoms with Crippen LogP contribution in [0, 0.1) is 20.8 Å². The van der Waals surface area contributed by atoms with Crippen LogP contribution in [0.3, 0.4) is 0 Å². The number of carbonyl (C=O) groups is 4. The molecule has 0 aliphatic heterocycles. The minimum absolute atomic E-state index is 0.239. The molecule has 10 nitrogen and oxygen atoms in total. The van der Waals surface area contributed by atoms with Gasteiger partial charge in [0.25, 0.3) is 5.91 Å². The topological polar surface area (TPSA) is 111 Å². The van der Waals surface area contributed by atoms with E-state index in [-0.39, 0.29) is 31.5 Å². The molecule has 0 saturated heterocycles. The van der Waals surface area contributed by atoms with Gasteiger partial charge in [0.2, 0.25) is 11.8 Å². The second-order valence-electron chi connectivity index (χ2n) is 11.0. The standard InChI is InChI=1S/C36H39N5O5/c1-25-11-9-12-28(19-25)38-36(45)37-22-33(42)41(23-34(43)39(4)29-13-7-6-8-14-29)31-15-10-16-32(21-31)46-24-35(44)40(5)30-18-17-26(2)27(3)20-30/h6-21H,22-24H2,1-5H3,(H2,37,38,45).